The largest absolute Gasteiger partial charge is 0.324 e. The third kappa shape index (κ3) is 4.96. The van der Waals surface area contributed by atoms with Crippen LogP contribution in [0.2, 0.25) is 5.02 Å². The molecule has 1 N–H and O–H groups in total. The molecule has 0 bridgehead atoms. The Bertz CT molecular complexity index is 1120. The fraction of sp³-hybridized carbons (Fsp3) is 0.136. The Kier molecular flexibility index (Phi) is 6.25. The molecule has 3 rings (SSSR count). The smallest absolute Gasteiger partial charge is 0.248 e. The molecule has 3 aromatic carbocycles. The van der Waals surface area contributed by atoms with Crippen molar-refractivity contribution >= 4 is 38.9 Å². The Hall–Kier alpha value is -2.83. The number of anilines is 2. The van der Waals surface area contributed by atoms with Crippen LogP contribution in [-0.4, -0.2) is 26.6 Å². The first kappa shape index (κ1) is 20.9. The predicted octanol–water partition coefficient (Wildman–Crippen LogP) is 4.80. The Morgan fingerprint density at radius 2 is 1.62 bits per heavy atom. The van der Waals surface area contributed by atoms with Crippen LogP contribution in [0.1, 0.15) is 6.92 Å². The second kappa shape index (κ2) is 8.68. The first-order valence-electron chi connectivity index (χ1n) is 8.97. The van der Waals surface area contributed by atoms with Crippen LogP contribution >= 0.6 is 11.6 Å². The van der Waals surface area contributed by atoms with Gasteiger partial charge in [0, 0.05) is 16.3 Å². The number of hydrogen-bond donors (Lipinski definition) is 1. The number of sulfonamides is 1. The summed E-state index contributed by atoms with van der Waals surface area (Å²) >= 11 is 6.02. The molecule has 0 saturated heterocycles. The molecular formula is C22H21ClN2O3S. The zero-order valence-electron chi connectivity index (χ0n) is 16.0. The fourth-order valence-electron chi connectivity index (χ4n) is 3.12. The van der Waals surface area contributed by atoms with Gasteiger partial charge in [-0.05, 0) is 36.8 Å². The highest BCUT2D eigenvalue weighted by atomic mass is 35.5. The van der Waals surface area contributed by atoms with Crippen molar-refractivity contribution in [3.63, 3.8) is 0 Å². The number of amides is 1. The van der Waals surface area contributed by atoms with E-state index in [2.05, 4.69) is 5.32 Å². The molecule has 1 amide bonds. The molecule has 0 heterocycles. The van der Waals surface area contributed by atoms with Crippen LogP contribution in [0.15, 0.2) is 78.9 Å². The van der Waals surface area contributed by atoms with Crippen molar-refractivity contribution in [1.29, 1.82) is 0 Å². The van der Waals surface area contributed by atoms with Gasteiger partial charge in [-0.15, -0.1) is 0 Å². The Labute approximate surface area is 176 Å². The molecule has 0 aliphatic heterocycles. The number of para-hydroxylation sites is 1. The number of carbonyl (C=O) groups excluding carboxylic acids is 1. The molecule has 0 spiro atoms. The van der Waals surface area contributed by atoms with E-state index in [1.807, 2.05) is 48.5 Å². The van der Waals surface area contributed by atoms with Gasteiger partial charge in [0.2, 0.25) is 15.9 Å². The van der Waals surface area contributed by atoms with Crippen molar-refractivity contribution in [3.8, 4) is 11.1 Å². The van der Waals surface area contributed by atoms with Gasteiger partial charge in [0.15, 0.2) is 0 Å². The summed E-state index contributed by atoms with van der Waals surface area (Å²) in [5.74, 6) is -0.446. The Morgan fingerprint density at radius 1 is 0.966 bits per heavy atom. The summed E-state index contributed by atoms with van der Waals surface area (Å²) in [7, 11) is -3.72. The number of benzene rings is 3. The SMILES string of the molecule is C[C@@H](C(=O)Nc1ccccc1-c1ccccc1)N(c1cccc(Cl)c1)S(C)(=O)=O. The van der Waals surface area contributed by atoms with E-state index in [4.69, 9.17) is 11.6 Å². The summed E-state index contributed by atoms with van der Waals surface area (Å²) in [4.78, 5) is 13.0. The van der Waals surface area contributed by atoms with Crippen molar-refractivity contribution in [3.05, 3.63) is 83.9 Å². The molecule has 0 aliphatic carbocycles. The van der Waals surface area contributed by atoms with E-state index >= 15 is 0 Å². The fourth-order valence-corrected chi connectivity index (χ4v) is 4.47. The van der Waals surface area contributed by atoms with Crippen molar-refractivity contribution in [2.45, 2.75) is 13.0 Å². The summed E-state index contributed by atoms with van der Waals surface area (Å²) < 4.78 is 25.9. The maximum atomic E-state index is 13.0. The van der Waals surface area contributed by atoms with Crippen LogP contribution in [-0.2, 0) is 14.8 Å². The summed E-state index contributed by atoms with van der Waals surface area (Å²) in [6, 6.07) is 22.5. The third-order valence-electron chi connectivity index (χ3n) is 4.42. The average molecular weight is 429 g/mol. The highest BCUT2D eigenvalue weighted by Gasteiger charge is 2.29. The van der Waals surface area contributed by atoms with Gasteiger partial charge in [0.1, 0.15) is 6.04 Å². The van der Waals surface area contributed by atoms with Gasteiger partial charge in [0.05, 0.1) is 11.9 Å². The number of nitrogens with one attached hydrogen (secondary N) is 1. The number of rotatable bonds is 6. The van der Waals surface area contributed by atoms with Crippen LogP contribution in [0.5, 0.6) is 0 Å². The first-order valence-corrected chi connectivity index (χ1v) is 11.2. The quantitative estimate of drug-likeness (QED) is 0.613. The third-order valence-corrected chi connectivity index (χ3v) is 5.90. The maximum absolute atomic E-state index is 13.0. The van der Waals surface area contributed by atoms with Gasteiger partial charge < -0.3 is 5.32 Å². The minimum Gasteiger partial charge on any atom is -0.324 e. The van der Waals surface area contributed by atoms with Crippen molar-refractivity contribution < 1.29 is 13.2 Å². The molecule has 0 aliphatic rings. The molecule has 29 heavy (non-hydrogen) atoms. The Morgan fingerprint density at radius 3 is 2.28 bits per heavy atom. The second-order valence-electron chi connectivity index (χ2n) is 6.62. The van der Waals surface area contributed by atoms with Crippen LogP contribution in [0.25, 0.3) is 11.1 Å². The van der Waals surface area contributed by atoms with Crippen molar-refractivity contribution in [2.24, 2.45) is 0 Å². The van der Waals surface area contributed by atoms with Gasteiger partial charge >= 0.3 is 0 Å². The molecule has 0 aromatic heterocycles. The van der Waals surface area contributed by atoms with E-state index in [-0.39, 0.29) is 0 Å². The van der Waals surface area contributed by atoms with E-state index < -0.39 is 22.0 Å². The molecule has 0 fully saturated rings. The molecule has 0 radical (unpaired) electrons. The molecular weight excluding hydrogens is 408 g/mol. The maximum Gasteiger partial charge on any atom is 0.248 e. The van der Waals surface area contributed by atoms with Gasteiger partial charge in [-0.3, -0.25) is 9.10 Å². The van der Waals surface area contributed by atoms with E-state index in [1.165, 1.54) is 6.07 Å². The summed E-state index contributed by atoms with van der Waals surface area (Å²) in [5, 5.41) is 3.25. The van der Waals surface area contributed by atoms with Gasteiger partial charge in [-0.2, -0.15) is 0 Å². The normalized spacial score (nSPS) is 12.2. The first-order chi connectivity index (χ1) is 13.8. The number of nitrogens with zero attached hydrogens (tertiary/aromatic N) is 1. The molecule has 150 valence electrons. The molecule has 7 heteroatoms. The lowest BCUT2D eigenvalue weighted by Gasteiger charge is -2.28. The van der Waals surface area contributed by atoms with E-state index in [0.717, 1.165) is 21.7 Å². The molecule has 0 saturated carbocycles. The average Bonchev–Trinajstić information content (AvgIpc) is 2.68. The van der Waals surface area contributed by atoms with Crippen LogP contribution in [0.4, 0.5) is 11.4 Å². The number of halogens is 1. The summed E-state index contributed by atoms with van der Waals surface area (Å²) in [6.07, 6.45) is 1.07. The topological polar surface area (TPSA) is 66.5 Å². The minimum absolute atomic E-state index is 0.332. The van der Waals surface area contributed by atoms with Crippen LogP contribution in [0, 0.1) is 0 Å². The van der Waals surface area contributed by atoms with E-state index in [1.54, 1.807) is 31.2 Å². The Balaban J connectivity index is 1.92. The summed E-state index contributed by atoms with van der Waals surface area (Å²) in [5.41, 5.74) is 2.74. The second-order valence-corrected chi connectivity index (χ2v) is 8.91. The van der Waals surface area contributed by atoms with Gasteiger partial charge in [-0.25, -0.2) is 8.42 Å². The van der Waals surface area contributed by atoms with E-state index in [0.29, 0.717) is 16.4 Å². The lowest BCUT2D eigenvalue weighted by molar-refractivity contribution is -0.116. The number of hydrogen-bond acceptors (Lipinski definition) is 3. The van der Waals surface area contributed by atoms with Gasteiger partial charge in [-0.1, -0.05) is 66.2 Å². The highest BCUT2D eigenvalue weighted by Crippen LogP contribution is 2.29. The molecule has 5 nitrogen and oxygen atoms in total. The van der Waals surface area contributed by atoms with E-state index in [9.17, 15) is 13.2 Å². The monoisotopic (exact) mass is 428 g/mol. The van der Waals surface area contributed by atoms with Crippen LogP contribution < -0.4 is 9.62 Å². The molecule has 0 unspecified atom stereocenters. The zero-order chi connectivity index (χ0) is 21.0. The predicted molar refractivity (Wildman–Crippen MR) is 119 cm³/mol. The summed E-state index contributed by atoms with van der Waals surface area (Å²) in [6.45, 7) is 1.54. The van der Waals surface area contributed by atoms with Gasteiger partial charge in [0.25, 0.3) is 0 Å². The molecule has 3 aromatic rings. The standard InChI is InChI=1S/C22H21ClN2O3S/c1-16(25(29(2,27)28)19-12-8-11-18(23)15-19)22(26)24-21-14-7-6-13-20(21)17-9-4-3-5-10-17/h3-16H,1-2H3,(H,24,26)/t16-/m0/s1. The van der Waals surface area contributed by atoms with Crippen molar-refractivity contribution in [1.82, 2.24) is 0 Å². The highest BCUT2D eigenvalue weighted by molar-refractivity contribution is 7.92. The number of carbonyl (C=O) groups is 1. The van der Waals surface area contributed by atoms with Crippen molar-refractivity contribution in [2.75, 3.05) is 15.9 Å². The van der Waals surface area contributed by atoms with Crippen LogP contribution in [0.3, 0.4) is 0 Å². The lowest BCUT2D eigenvalue weighted by Crippen LogP contribution is -2.45. The lowest BCUT2D eigenvalue weighted by atomic mass is 10.0. The zero-order valence-corrected chi connectivity index (χ0v) is 17.6. The minimum atomic E-state index is -3.72. The molecule has 1 atom stereocenters.